The van der Waals surface area contributed by atoms with Gasteiger partial charge >= 0.3 is 0 Å². The van der Waals surface area contributed by atoms with E-state index in [0.717, 1.165) is 31.2 Å². The fraction of sp³-hybridized carbons (Fsp3) is 0.533. The van der Waals surface area contributed by atoms with Crippen molar-refractivity contribution in [3.05, 3.63) is 35.9 Å². The van der Waals surface area contributed by atoms with E-state index >= 15 is 0 Å². The molecule has 1 aliphatic carbocycles. The summed E-state index contributed by atoms with van der Waals surface area (Å²) >= 11 is 0. The molecule has 1 fully saturated rings. The van der Waals surface area contributed by atoms with Crippen LogP contribution in [0, 0.1) is 0 Å². The van der Waals surface area contributed by atoms with Gasteiger partial charge in [-0.25, -0.2) is 0 Å². The highest BCUT2D eigenvalue weighted by Gasteiger charge is 2.20. The Morgan fingerprint density at radius 1 is 1.21 bits per heavy atom. The van der Waals surface area contributed by atoms with Gasteiger partial charge in [-0.3, -0.25) is 4.79 Å². The normalized spacial score (nSPS) is 23.0. The van der Waals surface area contributed by atoms with E-state index in [9.17, 15) is 9.90 Å². The van der Waals surface area contributed by atoms with Gasteiger partial charge in [0.1, 0.15) is 6.61 Å². The Labute approximate surface area is 113 Å². The first-order valence-electron chi connectivity index (χ1n) is 6.83. The molecule has 4 nitrogen and oxygen atoms in total. The van der Waals surface area contributed by atoms with Gasteiger partial charge in [0.15, 0.2) is 0 Å². The number of ether oxygens (including phenoxy) is 1. The summed E-state index contributed by atoms with van der Waals surface area (Å²) in [5.74, 6) is -0.0719. The fourth-order valence-corrected chi connectivity index (χ4v) is 2.33. The first-order chi connectivity index (χ1) is 9.24. The zero-order valence-corrected chi connectivity index (χ0v) is 11.0. The van der Waals surface area contributed by atoms with E-state index in [2.05, 4.69) is 5.32 Å². The van der Waals surface area contributed by atoms with Crippen molar-refractivity contribution >= 4 is 5.91 Å². The summed E-state index contributed by atoms with van der Waals surface area (Å²) in [6, 6.07) is 9.99. The third-order valence-electron chi connectivity index (χ3n) is 3.41. The van der Waals surface area contributed by atoms with E-state index in [-0.39, 0.29) is 24.7 Å². The molecule has 0 saturated heterocycles. The maximum Gasteiger partial charge on any atom is 0.246 e. The molecule has 0 spiro atoms. The van der Waals surface area contributed by atoms with Crippen molar-refractivity contribution in [3.8, 4) is 0 Å². The minimum atomic E-state index is -0.192. The van der Waals surface area contributed by atoms with Gasteiger partial charge in [-0.1, -0.05) is 30.3 Å². The topological polar surface area (TPSA) is 58.6 Å². The number of hydrogen-bond acceptors (Lipinski definition) is 3. The predicted molar refractivity (Wildman–Crippen MR) is 72.5 cm³/mol. The van der Waals surface area contributed by atoms with Crippen molar-refractivity contribution in [1.82, 2.24) is 5.32 Å². The van der Waals surface area contributed by atoms with Crippen LogP contribution in [-0.4, -0.2) is 29.8 Å². The van der Waals surface area contributed by atoms with Crippen molar-refractivity contribution in [2.24, 2.45) is 0 Å². The lowest BCUT2D eigenvalue weighted by molar-refractivity contribution is -0.127. The van der Waals surface area contributed by atoms with Crippen LogP contribution in [0.4, 0.5) is 0 Å². The molecule has 0 radical (unpaired) electrons. The molecule has 1 aromatic rings. The summed E-state index contributed by atoms with van der Waals surface area (Å²) in [4.78, 5) is 11.7. The summed E-state index contributed by atoms with van der Waals surface area (Å²) in [6.45, 7) is 0.547. The standard InChI is InChI=1S/C15H21NO3/c17-14-8-6-13(7-9-14)16-15(18)11-19-10-12-4-2-1-3-5-12/h1-5,13-14,17H,6-11H2,(H,16,18). The molecular weight excluding hydrogens is 242 g/mol. The molecule has 19 heavy (non-hydrogen) atoms. The molecule has 0 atom stereocenters. The Balaban J connectivity index is 1.62. The molecule has 1 aliphatic rings. The molecule has 2 rings (SSSR count). The lowest BCUT2D eigenvalue weighted by atomic mass is 9.93. The average molecular weight is 263 g/mol. The van der Waals surface area contributed by atoms with Gasteiger partial charge in [-0.05, 0) is 31.2 Å². The van der Waals surface area contributed by atoms with Crippen LogP contribution < -0.4 is 5.32 Å². The second-order valence-electron chi connectivity index (χ2n) is 5.05. The molecule has 2 N–H and O–H groups in total. The van der Waals surface area contributed by atoms with Crippen LogP contribution in [0.2, 0.25) is 0 Å². The monoisotopic (exact) mass is 263 g/mol. The van der Waals surface area contributed by atoms with E-state index in [1.165, 1.54) is 0 Å². The number of rotatable bonds is 5. The van der Waals surface area contributed by atoms with Crippen LogP contribution in [0.5, 0.6) is 0 Å². The molecule has 1 saturated carbocycles. The van der Waals surface area contributed by atoms with E-state index in [1.54, 1.807) is 0 Å². The summed E-state index contributed by atoms with van der Waals surface area (Å²) in [6.07, 6.45) is 3.06. The molecule has 0 aliphatic heterocycles. The van der Waals surface area contributed by atoms with E-state index in [0.29, 0.717) is 6.61 Å². The van der Waals surface area contributed by atoms with Gasteiger partial charge in [0.05, 0.1) is 12.7 Å². The van der Waals surface area contributed by atoms with Gasteiger partial charge in [0.25, 0.3) is 0 Å². The number of hydrogen-bond donors (Lipinski definition) is 2. The van der Waals surface area contributed by atoms with E-state index in [4.69, 9.17) is 4.74 Å². The fourth-order valence-electron chi connectivity index (χ4n) is 2.33. The first-order valence-corrected chi connectivity index (χ1v) is 6.83. The Kier molecular flexibility index (Phi) is 5.36. The zero-order valence-electron chi connectivity index (χ0n) is 11.0. The second-order valence-corrected chi connectivity index (χ2v) is 5.05. The number of benzene rings is 1. The van der Waals surface area contributed by atoms with Crippen molar-refractivity contribution in [2.75, 3.05) is 6.61 Å². The molecule has 0 heterocycles. The molecule has 1 amide bonds. The van der Waals surface area contributed by atoms with Gasteiger partial charge in [0, 0.05) is 6.04 Å². The van der Waals surface area contributed by atoms with Crippen molar-refractivity contribution in [1.29, 1.82) is 0 Å². The van der Waals surface area contributed by atoms with Crippen LogP contribution in [-0.2, 0) is 16.1 Å². The largest absolute Gasteiger partial charge is 0.393 e. The van der Waals surface area contributed by atoms with Crippen LogP contribution in [0.1, 0.15) is 31.2 Å². The second kappa shape index (κ2) is 7.26. The van der Waals surface area contributed by atoms with Gasteiger partial charge < -0.3 is 15.2 Å². The lowest BCUT2D eigenvalue weighted by Gasteiger charge is -2.26. The summed E-state index contributed by atoms with van der Waals surface area (Å²) in [5.41, 5.74) is 1.07. The van der Waals surface area contributed by atoms with E-state index in [1.807, 2.05) is 30.3 Å². The quantitative estimate of drug-likeness (QED) is 0.848. The maximum atomic E-state index is 11.7. The molecule has 0 bridgehead atoms. The highest BCUT2D eigenvalue weighted by Crippen LogP contribution is 2.18. The average Bonchev–Trinajstić information content (AvgIpc) is 2.43. The van der Waals surface area contributed by atoms with Crippen molar-refractivity contribution in [2.45, 2.75) is 44.4 Å². The smallest absolute Gasteiger partial charge is 0.246 e. The summed E-state index contributed by atoms with van der Waals surface area (Å²) < 4.78 is 5.38. The molecule has 0 unspecified atom stereocenters. The lowest BCUT2D eigenvalue weighted by Crippen LogP contribution is -2.40. The SMILES string of the molecule is O=C(COCc1ccccc1)NC1CCC(O)CC1. The number of aliphatic hydroxyl groups excluding tert-OH is 1. The first kappa shape index (κ1) is 14.0. The van der Waals surface area contributed by atoms with Crippen LogP contribution >= 0.6 is 0 Å². The minimum Gasteiger partial charge on any atom is -0.393 e. The van der Waals surface area contributed by atoms with Crippen LogP contribution in [0.3, 0.4) is 0 Å². The third kappa shape index (κ3) is 5.01. The number of aliphatic hydroxyl groups is 1. The van der Waals surface area contributed by atoms with Crippen LogP contribution in [0.15, 0.2) is 30.3 Å². The molecular formula is C15H21NO3. The highest BCUT2D eigenvalue weighted by atomic mass is 16.5. The predicted octanol–water partition coefficient (Wildman–Crippen LogP) is 1.62. The third-order valence-corrected chi connectivity index (χ3v) is 3.41. The number of carbonyl (C=O) groups excluding carboxylic acids is 1. The van der Waals surface area contributed by atoms with Crippen molar-refractivity contribution < 1.29 is 14.6 Å². The number of amides is 1. The Morgan fingerprint density at radius 3 is 2.58 bits per heavy atom. The maximum absolute atomic E-state index is 11.7. The Morgan fingerprint density at radius 2 is 1.89 bits per heavy atom. The summed E-state index contributed by atoms with van der Waals surface area (Å²) in [5, 5.41) is 12.3. The van der Waals surface area contributed by atoms with Crippen molar-refractivity contribution in [3.63, 3.8) is 0 Å². The zero-order chi connectivity index (χ0) is 13.5. The Bertz CT molecular complexity index is 386. The molecule has 1 aromatic carbocycles. The molecule has 104 valence electrons. The molecule has 4 heteroatoms. The number of carbonyl (C=O) groups is 1. The Hall–Kier alpha value is -1.39. The van der Waals surface area contributed by atoms with Gasteiger partial charge in [-0.15, -0.1) is 0 Å². The number of nitrogens with one attached hydrogen (secondary N) is 1. The van der Waals surface area contributed by atoms with Gasteiger partial charge in [0.2, 0.25) is 5.91 Å². The van der Waals surface area contributed by atoms with E-state index < -0.39 is 0 Å². The minimum absolute atomic E-state index is 0.0719. The summed E-state index contributed by atoms with van der Waals surface area (Å²) in [7, 11) is 0. The van der Waals surface area contributed by atoms with Crippen LogP contribution in [0.25, 0.3) is 0 Å². The highest BCUT2D eigenvalue weighted by molar-refractivity contribution is 5.77. The molecule has 0 aromatic heterocycles. The van der Waals surface area contributed by atoms with Gasteiger partial charge in [-0.2, -0.15) is 0 Å².